The Labute approximate surface area is 207 Å². The molecule has 1 heterocycles. The number of amides is 3. The number of hydrogen-bond acceptors (Lipinski definition) is 3. The number of benzene rings is 1. The van der Waals surface area contributed by atoms with Gasteiger partial charge in [-0.2, -0.15) is 0 Å². The van der Waals surface area contributed by atoms with E-state index < -0.39 is 5.83 Å². The van der Waals surface area contributed by atoms with Crippen LogP contribution in [0.4, 0.5) is 8.78 Å². The first-order valence-electron chi connectivity index (χ1n) is 11.5. The van der Waals surface area contributed by atoms with Crippen LogP contribution in [0.2, 0.25) is 0 Å². The van der Waals surface area contributed by atoms with Crippen molar-refractivity contribution in [1.82, 2.24) is 9.80 Å². The number of piperazine rings is 1. The topological polar surface area (TPSA) is 83.7 Å². The zero-order chi connectivity index (χ0) is 27.0. The van der Waals surface area contributed by atoms with Crippen LogP contribution in [0.3, 0.4) is 0 Å². The van der Waals surface area contributed by atoms with E-state index in [4.69, 9.17) is 5.73 Å². The first kappa shape index (κ1) is 31.4. The predicted molar refractivity (Wildman–Crippen MR) is 136 cm³/mol. The molecule has 2 N–H and O–H groups in total. The molecule has 0 aromatic heterocycles. The molecule has 0 bridgehead atoms. The second-order valence-corrected chi connectivity index (χ2v) is 7.46. The molecular formula is C27H37F2N3O3. The first-order chi connectivity index (χ1) is 16.7. The van der Waals surface area contributed by atoms with E-state index >= 15 is 0 Å². The molecule has 1 aliphatic heterocycles. The lowest BCUT2D eigenvalue weighted by Crippen LogP contribution is -2.52. The minimum atomic E-state index is -0.541. The normalized spacial score (nSPS) is 14.6. The smallest absolute Gasteiger partial charge is 0.247 e. The second kappa shape index (κ2) is 17.0. The van der Waals surface area contributed by atoms with Gasteiger partial charge in [-0.1, -0.05) is 38.1 Å². The zero-order valence-electron chi connectivity index (χ0n) is 21.2. The lowest BCUT2D eigenvalue weighted by molar-refractivity contribution is -0.148. The van der Waals surface area contributed by atoms with Crippen LogP contribution >= 0.6 is 0 Å². The molecule has 1 fully saturated rings. The minimum Gasteiger partial charge on any atom is -0.370 e. The van der Waals surface area contributed by atoms with E-state index in [-0.39, 0.29) is 48.9 Å². The van der Waals surface area contributed by atoms with Gasteiger partial charge in [0, 0.05) is 13.0 Å². The third-order valence-electron chi connectivity index (χ3n) is 4.96. The molecule has 35 heavy (non-hydrogen) atoms. The Kier molecular flexibility index (Phi) is 15.2. The summed E-state index contributed by atoms with van der Waals surface area (Å²) in [6, 6.07) is 5.76. The third kappa shape index (κ3) is 10.9. The van der Waals surface area contributed by atoms with Gasteiger partial charge in [0.1, 0.15) is 24.7 Å². The van der Waals surface area contributed by atoms with Crippen molar-refractivity contribution >= 4 is 17.7 Å². The highest BCUT2D eigenvalue weighted by molar-refractivity contribution is 5.94. The zero-order valence-corrected chi connectivity index (χ0v) is 21.2. The van der Waals surface area contributed by atoms with E-state index in [2.05, 4.69) is 13.2 Å². The standard InChI is InChI=1S/C21H24F2N2O2.C4H9NO.C2H4/c1-4-15(5-2)11-18(23)19(6-3)25-14-20(26)24(13-21(25)27)12-16-7-9-17(22)10-8-16;1-2-3-4(5)6;1-2/h4,6-11H,5,12-14H2,1-3H3;2-3H2,1H3,(H2,5,6);1-2H2/b15-4-,18-11+,19-6-;;. The third-order valence-corrected chi connectivity index (χ3v) is 4.96. The Balaban J connectivity index is 0.00000126. The molecule has 192 valence electrons. The molecule has 0 radical (unpaired) electrons. The van der Waals surface area contributed by atoms with Crippen LogP contribution in [0.5, 0.6) is 0 Å². The molecule has 6 nitrogen and oxygen atoms in total. The predicted octanol–water partition coefficient (Wildman–Crippen LogP) is 5.18. The SMILES string of the molecule is C=C.CCCC(N)=O.C\C=C(/C=C(F)\C(=C\C)N1CC(=O)N(Cc2ccc(F)cc2)CC1=O)CC. The van der Waals surface area contributed by atoms with Crippen molar-refractivity contribution in [2.24, 2.45) is 5.73 Å². The van der Waals surface area contributed by atoms with Gasteiger partial charge in [-0.15, -0.1) is 13.2 Å². The van der Waals surface area contributed by atoms with Crippen LogP contribution in [-0.4, -0.2) is 40.6 Å². The first-order valence-corrected chi connectivity index (χ1v) is 11.5. The Hall–Kier alpha value is -3.55. The molecule has 0 spiro atoms. The van der Waals surface area contributed by atoms with Crippen LogP contribution in [0.15, 0.2) is 72.7 Å². The van der Waals surface area contributed by atoms with Crippen LogP contribution in [0, 0.1) is 5.82 Å². The summed E-state index contributed by atoms with van der Waals surface area (Å²) >= 11 is 0. The van der Waals surface area contributed by atoms with Crippen molar-refractivity contribution in [3.63, 3.8) is 0 Å². The molecule has 0 unspecified atom stereocenters. The van der Waals surface area contributed by atoms with Crippen LogP contribution in [0.1, 0.15) is 52.5 Å². The minimum absolute atomic E-state index is 0.0996. The maximum Gasteiger partial charge on any atom is 0.247 e. The summed E-state index contributed by atoms with van der Waals surface area (Å²) in [5.74, 6) is -1.75. The van der Waals surface area contributed by atoms with E-state index in [0.717, 1.165) is 17.6 Å². The van der Waals surface area contributed by atoms with Gasteiger partial charge in [-0.05, 0) is 56.0 Å². The van der Waals surface area contributed by atoms with Crippen molar-refractivity contribution in [2.45, 2.75) is 53.5 Å². The summed E-state index contributed by atoms with van der Waals surface area (Å²) in [5.41, 5.74) is 6.40. The maximum absolute atomic E-state index is 14.7. The second-order valence-electron chi connectivity index (χ2n) is 7.46. The molecule has 1 aliphatic rings. The summed E-state index contributed by atoms with van der Waals surface area (Å²) in [5, 5.41) is 0. The van der Waals surface area contributed by atoms with Crippen LogP contribution in [0.25, 0.3) is 0 Å². The number of hydrogen-bond donors (Lipinski definition) is 1. The largest absolute Gasteiger partial charge is 0.370 e. The van der Waals surface area contributed by atoms with Gasteiger partial charge < -0.3 is 10.6 Å². The van der Waals surface area contributed by atoms with Gasteiger partial charge >= 0.3 is 0 Å². The molecule has 0 aliphatic carbocycles. The molecule has 8 heteroatoms. The molecule has 1 aromatic carbocycles. The summed E-state index contributed by atoms with van der Waals surface area (Å²) in [6.45, 7) is 13.1. The average Bonchev–Trinajstić information content (AvgIpc) is 2.84. The van der Waals surface area contributed by atoms with Crippen molar-refractivity contribution < 1.29 is 23.2 Å². The van der Waals surface area contributed by atoms with Crippen LogP contribution < -0.4 is 5.73 Å². The van der Waals surface area contributed by atoms with Gasteiger partial charge in [0.25, 0.3) is 0 Å². The number of carbonyl (C=O) groups is 3. The Morgan fingerprint density at radius 3 is 2.09 bits per heavy atom. The number of nitrogens with two attached hydrogens (primary N) is 1. The number of rotatable bonds is 8. The molecule has 1 saturated heterocycles. The van der Waals surface area contributed by atoms with Gasteiger partial charge in [0.15, 0.2) is 0 Å². The highest BCUT2D eigenvalue weighted by Crippen LogP contribution is 2.23. The summed E-state index contributed by atoms with van der Waals surface area (Å²) in [4.78, 5) is 37.4. The fourth-order valence-corrected chi connectivity index (χ4v) is 3.13. The average molecular weight is 490 g/mol. The van der Waals surface area contributed by atoms with Crippen molar-refractivity contribution in [3.05, 3.63) is 84.1 Å². The molecule has 0 atom stereocenters. The fraction of sp³-hybridized carbons (Fsp3) is 0.370. The number of carbonyl (C=O) groups excluding carboxylic acids is 3. The van der Waals surface area contributed by atoms with Crippen molar-refractivity contribution in [3.8, 4) is 0 Å². The van der Waals surface area contributed by atoms with Crippen molar-refractivity contribution in [2.75, 3.05) is 13.1 Å². The van der Waals surface area contributed by atoms with Gasteiger partial charge in [0.05, 0.1) is 5.70 Å². The van der Waals surface area contributed by atoms with Crippen LogP contribution in [-0.2, 0) is 20.9 Å². The van der Waals surface area contributed by atoms with E-state index in [0.29, 0.717) is 12.8 Å². The van der Waals surface area contributed by atoms with E-state index in [9.17, 15) is 23.2 Å². The van der Waals surface area contributed by atoms with Gasteiger partial charge in [0.2, 0.25) is 17.7 Å². The molecular weight excluding hydrogens is 452 g/mol. The molecule has 0 saturated carbocycles. The number of allylic oxidation sites excluding steroid dienone is 5. The number of halogens is 2. The molecule has 3 amide bonds. The van der Waals surface area contributed by atoms with E-state index in [1.54, 1.807) is 25.1 Å². The molecule has 1 aromatic rings. The fourth-order valence-electron chi connectivity index (χ4n) is 3.13. The van der Waals surface area contributed by atoms with Crippen molar-refractivity contribution in [1.29, 1.82) is 0 Å². The Morgan fingerprint density at radius 2 is 1.66 bits per heavy atom. The highest BCUT2D eigenvalue weighted by atomic mass is 19.1. The number of nitrogens with zero attached hydrogens (tertiary/aromatic N) is 2. The van der Waals surface area contributed by atoms with Gasteiger partial charge in [-0.25, -0.2) is 8.78 Å². The summed E-state index contributed by atoms with van der Waals surface area (Å²) in [7, 11) is 0. The molecule has 2 rings (SSSR count). The van der Waals surface area contributed by atoms with Gasteiger partial charge in [-0.3, -0.25) is 19.3 Å². The quantitative estimate of drug-likeness (QED) is 0.403. The Bertz CT molecular complexity index is 937. The van der Waals surface area contributed by atoms with E-state index in [1.165, 1.54) is 34.1 Å². The lowest BCUT2D eigenvalue weighted by atomic mass is 10.1. The summed E-state index contributed by atoms with van der Waals surface area (Å²) < 4.78 is 27.7. The monoisotopic (exact) mass is 489 g/mol. The number of primary amides is 1. The summed E-state index contributed by atoms with van der Waals surface area (Å²) in [6.07, 6.45) is 6.72. The lowest BCUT2D eigenvalue weighted by Gasteiger charge is -2.34. The Morgan fingerprint density at radius 1 is 1.06 bits per heavy atom. The maximum atomic E-state index is 14.7. The van der Waals surface area contributed by atoms with E-state index in [1.807, 2.05) is 20.8 Å². The highest BCUT2D eigenvalue weighted by Gasteiger charge is 2.32.